The quantitative estimate of drug-likeness (QED) is 0.164. The lowest BCUT2D eigenvalue weighted by Gasteiger charge is -2.42. The molecule has 2 saturated carbocycles. The van der Waals surface area contributed by atoms with Crippen LogP contribution in [0.15, 0.2) is 125 Å². The van der Waals surface area contributed by atoms with Gasteiger partial charge in [-0.3, -0.25) is 0 Å². The second-order valence-corrected chi connectivity index (χ2v) is 25.5. The van der Waals surface area contributed by atoms with Crippen LogP contribution in [0.2, 0.25) is 0 Å². The molecule has 3 atom stereocenters. The Labute approximate surface area is 411 Å². The largest absolute Gasteiger partial charge is 0.309 e. The highest BCUT2D eigenvalue weighted by Gasteiger charge is 2.56. The standard InChI is InChI=1S/C62H67BrN2S/c1-38-28-45(33-46(29-38)65(56-37-66-57-25-19-40(31-49(56)57)58(2,3)4)44-21-23-51-53(35-44)61(10,11)27-26-60(51,8)9)64(55-24-18-41(32-54(55)63)59(5,6)7)43-20-22-48-47-14-12-13-15-50(47)62(52(48)34-43)36-39-16-17-42(62)30-39/h12-15,18-25,28-29,31-35,37,39,42H,16-17,26-27,30,36H2,1-11H3/i1D3. The van der Waals surface area contributed by atoms with Crippen LogP contribution in [0.25, 0.3) is 21.2 Å². The Morgan fingerprint density at radius 3 is 1.91 bits per heavy atom. The summed E-state index contributed by atoms with van der Waals surface area (Å²) < 4.78 is 29.6. The fraction of sp³-hybridized carbons (Fsp3) is 0.387. The number of benzene rings is 6. The predicted octanol–water partition coefficient (Wildman–Crippen LogP) is 18.9. The Balaban J connectivity index is 1.18. The highest BCUT2D eigenvalue weighted by Crippen LogP contribution is 2.66. The average molecular weight is 955 g/mol. The highest BCUT2D eigenvalue weighted by molar-refractivity contribution is 9.10. The van der Waals surface area contributed by atoms with E-state index in [4.69, 9.17) is 4.11 Å². The van der Waals surface area contributed by atoms with Crippen LogP contribution in [0.3, 0.4) is 0 Å². The summed E-state index contributed by atoms with van der Waals surface area (Å²) in [6, 6.07) is 43.1. The van der Waals surface area contributed by atoms with Crippen LogP contribution in [0, 0.1) is 18.7 Å². The van der Waals surface area contributed by atoms with Gasteiger partial charge in [-0.1, -0.05) is 124 Å². The Hall–Kier alpha value is -4.64. The van der Waals surface area contributed by atoms with E-state index in [2.05, 4.69) is 203 Å². The molecule has 0 aliphatic heterocycles. The van der Waals surface area contributed by atoms with Crippen LogP contribution in [-0.4, -0.2) is 0 Å². The molecule has 2 nitrogen and oxygen atoms in total. The smallest absolute Gasteiger partial charge is 0.0647 e. The lowest BCUT2D eigenvalue weighted by molar-refractivity contribution is 0.327. The number of halogens is 1. The molecule has 0 saturated heterocycles. The van der Waals surface area contributed by atoms with Crippen molar-refractivity contribution in [2.75, 3.05) is 9.80 Å². The molecule has 11 rings (SSSR count). The minimum atomic E-state index is -2.39. The molecule has 338 valence electrons. The Bertz CT molecular complexity index is 3200. The van der Waals surface area contributed by atoms with E-state index in [0.717, 1.165) is 62.7 Å². The SMILES string of the molecule is [2H]C([2H])([2H])c1cc(N(c2ccc3c(c2)C2(CC4CCC2C4)c2ccccc2-3)c2ccc(C(C)(C)C)cc2Br)cc(N(c2ccc3c(c2)C(C)(C)CCC3(C)C)c2csc3ccc(C(C)(C)C)cc23)c1. The van der Waals surface area contributed by atoms with E-state index in [1.165, 1.54) is 74.9 Å². The number of aryl methyl sites for hydroxylation is 1. The molecule has 0 amide bonds. The van der Waals surface area contributed by atoms with Gasteiger partial charge in [0, 0.05) is 52.2 Å². The van der Waals surface area contributed by atoms with Crippen molar-refractivity contribution in [2.45, 2.75) is 142 Å². The Morgan fingerprint density at radius 2 is 1.24 bits per heavy atom. The van der Waals surface area contributed by atoms with E-state index in [1.54, 1.807) is 11.3 Å². The maximum Gasteiger partial charge on any atom is 0.0647 e. The van der Waals surface area contributed by atoms with E-state index >= 15 is 0 Å². The summed E-state index contributed by atoms with van der Waals surface area (Å²) in [6.45, 7) is 20.7. The third kappa shape index (κ3) is 6.97. The maximum atomic E-state index is 9.14. The predicted molar refractivity (Wildman–Crippen MR) is 288 cm³/mol. The molecule has 4 heteroatoms. The van der Waals surface area contributed by atoms with Gasteiger partial charge in [-0.05, 0) is 205 Å². The lowest BCUT2D eigenvalue weighted by atomic mass is 9.63. The van der Waals surface area contributed by atoms with Crippen molar-refractivity contribution in [1.29, 1.82) is 0 Å². The van der Waals surface area contributed by atoms with Crippen molar-refractivity contribution in [3.63, 3.8) is 0 Å². The second-order valence-electron chi connectivity index (χ2n) is 23.7. The number of thiophene rings is 1. The van der Waals surface area contributed by atoms with E-state index in [0.29, 0.717) is 11.5 Å². The number of fused-ring (bicyclic) bond motifs is 10. The van der Waals surface area contributed by atoms with Gasteiger partial charge >= 0.3 is 0 Å². The van der Waals surface area contributed by atoms with Crippen molar-refractivity contribution in [3.05, 3.63) is 164 Å². The molecule has 6 aromatic carbocycles. The van der Waals surface area contributed by atoms with E-state index in [-0.39, 0.29) is 27.1 Å². The lowest BCUT2D eigenvalue weighted by Crippen LogP contribution is -2.34. The Morgan fingerprint density at radius 1 is 0.606 bits per heavy atom. The fourth-order valence-corrected chi connectivity index (χ4v) is 14.2. The van der Waals surface area contributed by atoms with Gasteiger partial charge in [0.05, 0.1) is 11.4 Å². The first-order chi connectivity index (χ1) is 32.4. The van der Waals surface area contributed by atoms with Gasteiger partial charge < -0.3 is 9.80 Å². The molecule has 0 radical (unpaired) electrons. The number of nitrogens with zero attached hydrogens (tertiary/aromatic N) is 2. The summed E-state index contributed by atoms with van der Waals surface area (Å²) in [6.07, 6.45) is 7.27. The molecule has 1 spiro atoms. The zero-order chi connectivity index (χ0) is 48.8. The second kappa shape index (κ2) is 15.2. The molecule has 4 aliphatic carbocycles. The van der Waals surface area contributed by atoms with Crippen molar-refractivity contribution in [1.82, 2.24) is 0 Å². The van der Waals surface area contributed by atoms with Crippen LogP contribution < -0.4 is 9.80 Å². The number of rotatable bonds is 6. The summed E-state index contributed by atoms with van der Waals surface area (Å²) in [5.74, 6) is 1.35. The normalized spacial score (nSPS) is 22.1. The molecule has 7 aromatic rings. The third-order valence-corrected chi connectivity index (χ3v) is 18.1. The zero-order valence-electron chi connectivity index (χ0n) is 43.6. The van der Waals surface area contributed by atoms with Crippen molar-refractivity contribution in [3.8, 4) is 11.1 Å². The molecule has 3 unspecified atom stereocenters. The van der Waals surface area contributed by atoms with Gasteiger partial charge in [0.2, 0.25) is 0 Å². The molecule has 0 N–H and O–H groups in total. The number of hydrogen-bond donors (Lipinski definition) is 0. The first-order valence-corrected chi connectivity index (χ1v) is 26.1. The van der Waals surface area contributed by atoms with Crippen molar-refractivity contribution >= 4 is 71.5 Å². The first-order valence-electron chi connectivity index (χ1n) is 25.9. The zero-order valence-corrected chi connectivity index (χ0v) is 43.0. The monoisotopic (exact) mass is 953 g/mol. The van der Waals surface area contributed by atoms with E-state index in [9.17, 15) is 0 Å². The molecule has 1 aromatic heterocycles. The van der Waals surface area contributed by atoms with Crippen LogP contribution in [-0.2, 0) is 27.1 Å². The highest BCUT2D eigenvalue weighted by atomic mass is 79.9. The van der Waals surface area contributed by atoms with Gasteiger partial charge in [0.25, 0.3) is 0 Å². The van der Waals surface area contributed by atoms with Gasteiger partial charge in [-0.25, -0.2) is 0 Å². The minimum Gasteiger partial charge on any atom is -0.309 e. The molecular weight excluding hydrogens is 885 g/mol. The minimum absolute atomic E-state index is 0.0208. The van der Waals surface area contributed by atoms with Crippen molar-refractivity contribution in [2.24, 2.45) is 11.8 Å². The van der Waals surface area contributed by atoms with Crippen LogP contribution >= 0.6 is 27.3 Å². The van der Waals surface area contributed by atoms with Crippen LogP contribution in [0.5, 0.6) is 0 Å². The van der Waals surface area contributed by atoms with Gasteiger partial charge in [-0.15, -0.1) is 11.3 Å². The summed E-state index contributed by atoms with van der Waals surface area (Å²) in [5.41, 5.74) is 16.7. The number of anilines is 6. The summed E-state index contributed by atoms with van der Waals surface area (Å²) in [7, 11) is 0. The molecule has 66 heavy (non-hydrogen) atoms. The average Bonchev–Trinajstić information content (AvgIpc) is 4.08. The van der Waals surface area contributed by atoms with Gasteiger partial charge in [-0.2, -0.15) is 0 Å². The van der Waals surface area contributed by atoms with Crippen LogP contribution in [0.4, 0.5) is 34.1 Å². The number of hydrogen-bond acceptors (Lipinski definition) is 3. The summed E-state index contributed by atoms with van der Waals surface area (Å²) in [5, 5.41) is 3.44. The summed E-state index contributed by atoms with van der Waals surface area (Å²) in [4.78, 5) is 4.70. The molecule has 2 fully saturated rings. The Kier molecular flexibility index (Phi) is 9.30. The third-order valence-electron chi connectivity index (χ3n) is 16.5. The molecular formula is C62H67BrN2S. The molecule has 4 aliphatic rings. The first kappa shape index (κ1) is 40.4. The molecule has 2 bridgehead atoms. The van der Waals surface area contributed by atoms with E-state index in [1.807, 2.05) is 12.1 Å². The topological polar surface area (TPSA) is 6.48 Å². The maximum absolute atomic E-state index is 9.14. The van der Waals surface area contributed by atoms with Gasteiger partial charge in [0.1, 0.15) is 0 Å². The van der Waals surface area contributed by atoms with Gasteiger partial charge in [0.15, 0.2) is 0 Å². The van der Waals surface area contributed by atoms with Crippen LogP contribution in [0.1, 0.15) is 151 Å². The fourth-order valence-electron chi connectivity index (χ4n) is 12.8. The molecule has 1 heterocycles. The van der Waals surface area contributed by atoms with E-state index < -0.39 is 6.85 Å². The van der Waals surface area contributed by atoms with Crippen molar-refractivity contribution < 1.29 is 4.11 Å². The summed E-state index contributed by atoms with van der Waals surface area (Å²) >= 11 is 5.87.